The van der Waals surface area contributed by atoms with Crippen LogP contribution in [0.2, 0.25) is 0 Å². The number of fused-ring (bicyclic) bond motifs is 1. The fraction of sp³-hybridized carbons (Fsp3) is 0.217. The molecule has 3 aromatic rings. The van der Waals surface area contributed by atoms with E-state index < -0.39 is 0 Å². The molecule has 3 amide bonds. The van der Waals surface area contributed by atoms with E-state index in [0.717, 1.165) is 29.4 Å². The summed E-state index contributed by atoms with van der Waals surface area (Å²) in [6.07, 6.45) is 2.29. The van der Waals surface area contributed by atoms with Gasteiger partial charge in [0, 0.05) is 17.4 Å². The molecule has 3 N–H and O–H groups in total. The van der Waals surface area contributed by atoms with Crippen molar-refractivity contribution in [2.75, 3.05) is 17.2 Å². The smallest absolute Gasteiger partial charge is 0.319 e. The summed E-state index contributed by atoms with van der Waals surface area (Å²) in [5.41, 5.74) is 1.26. The van der Waals surface area contributed by atoms with Crippen LogP contribution in [0.5, 0.6) is 5.75 Å². The van der Waals surface area contributed by atoms with Crippen LogP contribution >= 0.6 is 0 Å². The van der Waals surface area contributed by atoms with E-state index in [0.29, 0.717) is 17.4 Å². The van der Waals surface area contributed by atoms with E-state index in [1.54, 1.807) is 24.3 Å². The standard InChI is InChI=1S/C23H23N3O3/c27-22(12-13-29-21-11-8-16-4-1-2-5-17(16)14-21)24-19-6-3-7-20(15-19)26-23(28)25-18-9-10-18/h1-8,11,14-15,18H,9-10,12-13H2,(H,24,27)(H2,25,26,28). The van der Waals surface area contributed by atoms with Gasteiger partial charge in [-0.15, -0.1) is 0 Å². The van der Waals surface area contributed by atoms with E-state index in [2.05, 4.69) is 16.0 Å². The summed E-state index contributed by atoms with van der Waals surface area (Å²) in [6, 6.07) is 21.1. The molecule has 29 heavy (non-hydrogen) atoms. The second kappa shape index (κ2) is 8.65. The fourth-order valence-electron chi connectivity index (χ4n) is 3.00. The average molecular weight is 389 g/mol. The van der Waals surface area contributed by atoms with Crippen molar-refractivity contribution < 1.29 is 14.3 Å². The predicted molar refractivity (Wildman–Crippen MR) is 114 cm³/mol. The molecule has 1 fully saturated rings. The van der Waals surface area contributed by atoms with Crippen LogP contribution in [-0.4, -0.2) is 24.6 Å². The first kappa shape index (κ1) is 18.8. The Labute approximate surface area is 169 Å². The van der Waals surface area contributed by atoms with Crippen molar-refractivity contribution in [3.8, 4) is 5.75 Å². The molecule has 3 aromatic carbocycles. The lowest BCUT2D eigenvalue weighted by Gasteiger charge is -2.10. The van der Waals surface area contributed by atoms with Gasteiger partial charge in [-0.05, 0) is 53.9 Å². The minimum absolute atomic E-state index is 0.148. The summed E-state index contributed by atoms with van der Waals surface area (Å²) in [7, 11) is 0. The molecule has 0 unspecified atom stereocenters. The molecule has 0 radical (unpaired) electrons. The van der Waals surface area contributed by atoms with Gasteiger partial charge in [-0.3, -0.25) is 4.79 Å². The molecule has 0 atom stereocenters. The van der Waals surface area contributed by atoms with Gasteiger partial charge in [-0.25, -0.2) is 4.79 Å². The first-order valence-electron chi connectivity index (χ1n) is 9.75. The number of anilines is 2. The third-order valence-electron chi connectivity index (χ3n) is 4.64. The number of hydrogen-bond acceptors (Lipinski definition) is 3. The summed E-state index contributed by atoms with van der Waals surface area (Å²) >= 11 is 0. The molecule has 4 rings (SSSR count). The maximum absolute atomic E-state index is 12.2. The van der Waals surface area contributed by atoms with E-state index in [1.807, 2.05) is 42.5 Å². The van der Waals surface area contributed by atoms with Gasteiger partial charge in [0.2, 0.25) is 5.91 Å². The van der Waals surface area contributed by atoms with Crippen molar-refractivity contribution in [1.82, 2.24) is 5.32 Å². The number of carbonyl (C=O) groups excluding carboxylic acids is 2. The zero-order valence-electron chi connectivity index (χ0n) is 16.0. The SMILES string of the molecule is O=C(CCOc1ccc2ccccc2c1)Nc1cccc(NC(=O)NC2CC2)c1. The van der Waals surface area contributed by atoms with Crippen LogP contribution in [0.4, 0.5) is 16.2 Å². The molecule has 148 valence electrons. The monoisotopic (exact) mass is 389 g/mol. The summed E-state index contributed by atoms with van der Waals surface area (Å²) < 4.78 is 5.72. The highest BCUT2D eigenvalue weighted by Crippen LogP contribution is 2.21. The minimum Gasteiger partial charge on any atom is -0.493 e. The summed E-state index contributed by atoms with van der Waals surface area (Å²) in [5.74, 6) is 0.592. The number of carbonyl (C=O) groups is 2. The van der Waals surface area contributed by atoms with E-state index >= 15 is 0 Å². The summed E-state index contributed by atoms with van der Waals surface area (Å²) in [5, 5.41) is 10.7. The Bertz CT molecular complexity index is 1030. The molecule has 1 saturated carbocycles. The predicted octanol–water partition coefficient (Wildman–Crippen LogP) is 4.53. The van der Waals surface area contributed by atoms with Crippen molar-refractivity contribution in [3.05, 3.63) is 66.7 Å². The van der Waals surface area contributed by atoms with Gasteiger partial charge in [0.15, 0.2) is 0 Å². The second-order valence-electron chi connectivity index (χ2n) is 7.11. The number of benzene rings is 3. The van der Waals surface area contributed by atoms with Gasteiger partial charge >= 0.3 is 6.03 Å². The Morgan fingerprint density at radius 3 is 2.41 bits per heavy atom. The maximum Gasteiger partial charge on any atom is 0.319 e. The van der Waals surface area contributed by atoms with E-state index in [9.17, 15) is 9.59 Å². The van der Waals surface area contributed by atoms with Crippen LogP contribution in [0, 0.1) is 0 Å². The molecule has 0 saturated heterocycles. The third kappa shape index (κ3) is 5.48. The van der Waals surface area contributed by atoms with Gasteiger partial charge in [0.05, 0.1) is 13.0 Å². The molecule has 6 nitrogen and oxygen atoms in total. The number of amides is 3. The highest BCUT2D eigenvalue weighted by molar-refractivity contribution is 5.93. The van der Waals surface area contributed by atoms with Gasteiger partial charge in [0.1, 0.15) is 5.75 Å². The number of urea groups is 1. The average Bonchev–Trinajstić information content (AvgIpc) is 3.52. The summed E-state index contributed by atoms with van der Waals surface area (Å²) in [4.78, 5) is 24.0. The minimum atomic E-state index is -0.222. The van der Waals surface area contributed by atoms with Crippen molar-refractivity contribution in [2.24, 2.45) is 0 Å². The van der Waals surface area contributed by atoms with Crippen LogP contribution in [0.1, 0.15) is 19.3 Å². The Kier molecular flexibility index (Phi) is 5.61. The van der Waals surface area contributed by atoms with Gasteiger partial charge < -0.3 is 20.7 Å². The third-order valence-corrected chi connectivity index (χ3v) is 4.64. The van der Waals surface area contributed by atoms with E-state index in [-0.39, 0.29) is 25.0 Å². The van der Waals surface area contributed by atoms with Crippen molar-refractivity contribution >= 4 is 34.1 Å². The molecule has 0 aromatic heterocycles. The van der Waals surface area contributed by atoms with Crippen molar-refractivity contribution in [1.29, 1.82) is 0 Å². The lowest BCUT2D eigenvalue weighted by atomic mass is 10.1. The van der Waals surface area contributed by atoms with E-state index in [4.69, 9.17) is 4.74 Å². The fourth-order valence-corrected chi connectivity index (χ4v) is 3.00. The Morgan fingerprint density at radius 1 is 0.862 bits per heavy atom. The molecule has 0 spiro atoms. The number of ether oxygens (including phenoxy) is 1. The molecule has 0 bridgehead atoms. The molecule has 1 aliphatic carbocycles. The van der Waals surface area contributed by atoms with Crippen LogP contribution < -0.4 is 20.7 Å². The Balaban J connectivity index is 1.25. The molecular weight excluding hydrogens is 366 g/mol. The van der Waals surface area contributed by atoms with Gasteiger partial charge in [-0.2, -0.15) is 0 Å². The largest absolute Gasteiger partial charge is 0.493 e. The topological polar surface area (TPSA) is 79.5 Å². The van der Waals surface area contributed by atoms with Crippen LogP contribution in [0.25, 0.3) is 10.8 Å². The normalized spacial score (nSPS) is 13.0. The highest BCUT2D eigenvalue weighted by atomic mass is 16.5. The van der Waals surface area contributed by atoms with Gasteiger partial charge in [-0.1, -0.05) is 36.4 Å². The molecule has 0 heterocycles. The first-order valence-corrected chi connectivity index (χ1v) is 9.75. The zero-order valence-corrected chi connectivity index (χ0v) is 16.0. The number of hydrogen-bond donors (Lipinski definition) is 3. The molecule has 0 aliphatic heterocycles. The maximum atomic E-state index is 12.2. The molecular formula is C23H23N3O3. The Hall–Kier alpha value is -3.54. The second-order valence-corrected chi connectivity index (χ2v) is 7.11. The van der Waals surface area contributed by atoms with Crippen molar-refractivity contribution in [3.63, 3.8) is 0 Å². The highest BCUT2D eigenvalue weighted by Gasteiger charge is 2.23. The Morgan fingerprint density at radius 2 is 1.62 bits per heavy atom. The summed E-state index contributed by atoms with van der Waals surface area (Å²) in [6.45, 7) is 0.284. The van der Waals surface area contributed by atoms with Gasteiger partial charge in [0.25, 0.3) is 0 Å². The van der Waals surface area contributed by atoms with Crippen molar-refractivity contribution in [2.45, 2.75) is 25.3 Å². The molecule has 1 aliphatic rings. The number of nitrogens with one attached hydrogen (secondary N) is 3. The number of rotatable bonds is 7. The van der Waals surface area contributed by atoms with E-state index in [1.165, 1.54) is 0 Å². The van der Waals surface area contributed by atoms with Crippen LogP contribution in [0.3, 0.4) is 0 Å². The molecule has 6 heteroatoms. The van der Waals surface area contributed by atoms with Crippen LogP contribution in [-0.2, 0) is 4.79 Å². The quantitative estimate of drug-likeness (QED) is 0.555. The first-order chi connectivity index (χ1) is 14.2. The zero-order chi connectivity index (χ0) is 20.1. The lowest BCUT2D eigenvalue weighted by Crippen LogP contribution is -2.30. The van der Waals surface area contributed by atoms with Crippen LogP contribution in [0.15, 0.2) is 66.7 Å². The lowest BCUT2D eigenvalue weighted by molar-refractivity contribution is -0.116.